The van der Waals surface area contributed by atoms with Gasteiger partial charge in [0.1, 0.15) is 12.4 Å². The molecule has 0 aliphatic carbocycles. The van der Waals surface area contributed by atoms with Gasteiger partial charge in [0.2, 0.25) is 0 Å². The normalized spacial score (nSPS) is 10.7. The summed E-state index contributed by atoms with van der Waals surface area (Å²) in [6.07, 6.45) is 0. The van der Waals surface area contributed by atoms with Crippen LogP contribution in [0.4, 0.5) is 10.1 Å². The summed E-state index contributed by atoms with van der Waals surface area (Å²) >= 11 is 12.5. The number of halogens is 3. The predicted molar refractivity (Wildman–Crippen MR) is 117 cm³/mol. The fourth-order valence-electron chi connectivity index (χ4n) is 2.82. The van der Waals surface area contributed by atoms with Crippen LogP contribution in [0.3, 0.4) is 0 Å². The van der Waals surface area contributed by atoms with Crippen LogP contribution < -0.4 is 14.8 Å². The molecule has 0 radical (unpaired) electrons. The highest BCUT2D eigenvalue weighted by Gasteiger charge is 2.15. The van der Waals surface area contributed by atoms with E-state index < -0.39 is 5.82 Å². The van der Waals surface area contributed by atoms with Crippen LogP contribution in [0, 0.1) is 12.7 Å². The molecule has 0 bridgehead atoms. The molecule has 3 nitrogen and oxygen atoms in total. The summed E-state index contributed by atoms with van der Waals surface area (Å²) in [6, 6.07) is 16.3. The Hall–Kier alpha value is -2.43. The zero-order chi connectivity index (χ0) is 20.8. The average Bonchev–Trinajstić information content (AvgIpc) is 2.69. The molecule has 152 valence electrons. The van der Waals surface area contributed by atoms with Crippen molar-refractivity contribution in [1.29, 1.82) is 0 Å². The molecule has 3 aromatic rings. The minimum Gasteiger partial charge on any atom is -0.490 e. The van der Waals surface area contributed by atoms with E-state index in [0.717, 1.165) is 11.3 Å². The second-order valence-electron chi connectivity index (χ2n) is 6.55. The lowest BCUT2D eigenvalue weighted by Gasteiger charge is -2.16. The van der Waals surface area contributed by atoms with E-state index in [0.29, 0.717) is 34.7 Å². The van der Waals surface area contributed by atoms with E-state index in [9.17, 15) is 4.39 Å². The molecule has 29 heavy (non-hydrogen) atoms. The smallest absolute Gasteiger partial charge is 0.180 e. The topological polar surface area (TPSA) is 30.5 Å². The molecular weight excluding hydrogens is 412 g/mol. The number of anilines is 1. The number of hydrogen-bond donors (Lipinski definition) is 1. The summed E-state index contributed by atoms with van der Waals surface area (Å²) in [6.45, 7) is 4.89. The summed E-state index contributed by atoms with van der Waals surface area (Å²) in [5, 5.41) is 4.05. The maximum atomic E-state index is 14.0. The van der Waals surface area contributed by atoms with Crippen LogP contribution in [-0.4, -0.2) is 6.61 Å². The van der Waals surface area contributed by atoms with Gasteiger partial charge in [-0.2, -0.15) is 0 Å². The highest BCUT2D eigenvalue weighted by molar-refractivity contribution is 6.32. The van der Waals surface area contributed by atoms with Gasteiger partial charge in [-0.05, 0) is 55.8 Å². The molecule has 0 aromatic heterocycles. The molecule has 0 spiro atoms. The zero-order valence-electron chi connectivity index (χ0n) is 16.3. The lowest BCUT2D eigenvalue weighted by atomic mass is 10.1. The lowest BCUT2D eigenvalue weighted by Crippen LogP contribution is -2.05. The molecule has 0 aliphatic rings. The Kier molecular flexibility index (Phi) is 7.24. The van der Waals surface area contributed by atoms with E-state index >= 15 is 0 Å². The first-order valence-electron chi connectivity index (χ1n) is 9.29. The van der Waals surface area contributed by atoms with Gasteiger partial charge in [-0.1, -0.05) is 47.0 Å². The van der Waals surface area contributed by atoms with Gasteiger partial charge in [0.25, 0.3) is 0 Å². The lowest BCUT2D eigenvalue weighted by molar-refractivity contribution is 0.266. The van der Waals surface area contributed by atoms with Crippen molar-refractivity contribution < 1.29 is 13.9 Å². The number of aryl methyl sites for hydroxylation is 1. The molecule has 0 amide bonds. The molecule has 6 heteroatoms. The van der Waals surface area contributed by atoms with Crippen molar-refractivity contribution in [2.24, 2.45) is 0 Å². The third-order valence-corrected chi connectivity index (χ3v) is 4.97. The molecule has 0 saturated carbocycles. The van der Waals surface area contributed by atoms with Gasteiger partial charge in [-0.25, -0.2) is 4.39 Å². The number of rotatable bonds is 8. The third kappa shape index (κ3) is 5.55. The summed E-state index contributed by atoms with van der Waals surface area (Å²) in [5.41, 5.74) is 3.43. The minimum atomic E-state index is -0.425. The fourth-order valence-corrected chi connectivity index (χ4v) is 3.32. The van der Waals surface area contributed by atoms with Crippen LogP contribution in [0.5, 0.6) is 11.5 Å². The minimum absolute atomic E-state index is 0.0493. The summed E-state index contributed by atoms with van der Waals surface area (Å²) in [7, 11) is 0. The SMILES string of the molecule is CCOc1cc(CNc2ccc(C)cc2)cc(Cl)c1OCc1c(F)cccc1Cl. The van der Waals surface area contributed by atoms with E-state index in [4.69, 9.17) is 32.7 Å². The maximum absolute atomic E-state index is 14.0. The Morgan fingerprint density at radius 1 is 0.966 bits per heavy atom. The van der Waals surface area contributed by atoms with E-state index in [1.807, 2.05) is 50.2 Å². The van der Waals surface area contributed by atoms with Crippen LogP contribution in [-0.2, 0) is 13.2 Å². The average molecular weight is 434 g/mol. The van der Waals surface area contributed by atoms with Crippen molar-refractivity contribution in [2.75, 3.05) is 11.9 Å². The van der Waals surface area contributed by atoms with Gasteiger partial charge in [0.15, 0.2) is 11.5 Å². The van der Waals surface area contributed by atoms with E-state index in [1.54, 1.807) is 12.1 Å². The molecule has 0 fully saturated rings. The number of benzene rings is 3. The van der Waals surface area contributed by atoms with Gasteiger partial charge in [0.05, 0.1) is 16.7 Å². The quantitative estimate of drug-likeness (QED) is 0.413. The molecular formula is C23H22Cl2FNO2. The van der Waals surface area contributed by atoms with Crippen molar-refractivity contribution in [3.63, 3.8) is 0 Å². The van der Waals surface area contributed by atoms with E-state index in [2.05, 4.69) is 5.32 Å². The molecule has 3 rings (SSSR count). The summed E-state index contributed by atoms with van der Waals surface area (Å²) < 4.78 is 25.5. The first-order chi connectivity index (χ1) is 14.0. The van der Waals surface area contributed by atoms with Gasteiger partial charge in [-0.3, -0.25) is 0 Å². The Morgan fingerprint density at radius 3 is 2.41 bits per heavy atom. The van der Waals surface area contributed by atoms with E-state index in [-0.39, 0.29) is 12.2 Å². The Labute approximate surface area is 180 Å². The highest BCUT2D eigenvalue weighted by Crippen LogP contribution is 2.38. The summed E-state index contributed by atoms with van der Waals surface area (Å²) in [4.78, 5) is 0. The van der Waals surface area contributed by atoms with Crippen molar-refractivity contribution in [3.8, 4) is 11.5 Å². The van der Waals surface area contributed by atoms with Gasteiger partial charge in [0, 0.05) is 17.8 Å². The van der Waals surface area contributed by atoms with Crippen molar-refractivity contribution in [2.45, 2.75) is 27.0 Å². The Balaban J connectivity index is 1.77. The van der Waals surface area contributed by atoms with Crippen molar-refractivity contribution in [1.82, 2.24) is 0 Å². The fraction of sp³-hybridized carbons (Fsp3) is 0.217. The number of ether oxygens (including phenoxy) is 2. The van der Waals surface area contributed by atoms with Gasteiger partial charge >= 0.3 is 0 Å². The molecule has 3 aromatic carbocycles. The largest absolute Gasteiger partial charge is 0.490 e. The van der Waals surface area contributed by atoms with Crippen LogP contribution in [0.1, 0.15) is 23.6 Å². The third-order valence-electron chi connectivity index (χ3n) is 4.34. The van der Waals surface area contributed by atoms with E-state index in [1.165, 1.54) is 11.6 Å². The standard InChI is InChI=1S/C23H22Cl2FNO2/c1-3-28-22-12-16(13-27-17-9-7-15(2)8-10-17)11-20(25)23(22)29-14-18-19(24)5-4-6-21(18)26/h4-12,27H,3,13-14H2,1-2H3. The van der Waals surface area contributed by atoms with Crippen LogP contribution in [0.15, 0.2) is 54.6 Å². The second-order valence-corrected chi connectivity index (χ2v) is 7.36. The van der Waals surface area contributed by atoms with Crippen molar-refractivity contribution >= 4 is 28.9 Å². The zero-order valence-corrected chi connectivity index (χ0v) is 17.8. The van der Waals surface area contributed by atoms with Gasteiger partial charge < -0.3 is 14.8 Å². The molecule has 0 aliphatic heterocycles. The monoisotopic (exact) mass is 433 g/mol. The van der Waals surface area contributed by atoms with Crippen molar-refractivity contribution in [3.05, 3.63) is 87.2 Å². The second kappa shape index (κ2) is 9.86. The first kappa shape index (κ1) is 21.3. The number of nitrogens with one attached hydrogen (secondary N) is 1. The Bertz CT molecular complexity index is 957. The van der Waals surface area contributed by atoms with Crippen LogP contribution in [0.2, 0.25) is 10.0 Å². The maximum Gasteiger partial charge on any atom is 0.180 e. The molecule has 1 N–H and O–H groups in total. The molecule has 0 atom stereocenters. The predicted octanol–water partition coefficient (Wildman–Crippen LogP) is 7.03. The molecule has 0 unspecified atom stereocenters. The summed E-state index contributed by atoms with van der Waals surface area (Å²) in [5.74, 6) is 0.450. The first-order valence-corrected chi connectivity index (χ1v) is 10.0. The Morgan fingerprint density at radius 2 is 1.72 bits per heavy atom. The molecule has 0 saturated heterocycles. The highest BCUT2D eigenvalue weighted by atomic mass is 35.5. The van der Waals surface area contributed by atoms with Crippen LogP contribution in [0.25, 0.3) is 0 Å². The molecule has 0 heterocycles. The van der Waals surface area contributed by atoms with Crippen LogP contribution >= 0.6 is 23.2 Å². The van der Waals surface area contributed by atoms with Gasteiger partial charge in [-0.15, -0.1) is 0 Å². The number of hydrogen-bond acceptors (Lipinski definition) is 3.